The molecule has 0 atom stereocenters. The summed E-state index contributed by atoms with van der Waals surface area (Å²) in [6.07, 6.45) is 6.05. The first-order valence-corrected chi connectivity index (χ1v) is 6.80. The molecule has 1 aromatic carbocycles. The standard InChI is InChI=1S/C17H17N3O/c1-3-4-5-6-16-14(11-18)12-19-17(20-16)13-7-9-15(21-2)10-8-13/h3,7-10,12H,1,4-6H2,2H3. The maximum Gasteiger partial charge on any atom is 0.159 e. The van der Waals surface area contributed by atoms with E-state index in [1.54, 1.807) is 13.3 Å². The molecule has 21 heavy (non-hydrogen) atoms. The molecular formula is C17H17N3O. The lowest BCUT2D eigenvalue weighted by atomic mass is 10.1. The predicted octanol–water partition coefficient (Wildman–Crippen LogP) is 3.53. The monoisotopic (exact) mass is 279 g/mol. The zero-order valence-electron chi connectivity index (χ0n) is 12.0. The average Bonchev–Trinajstić information content (AvgIpc) is 2.55. The fourth-order valence-corrected chi connectivity index (χ4v) is 1.99. The van der Waals surface area contributed by atoms with Crippen LogP contribution in [0.4, 0.5) is 0 Å². The van der Waals surface area contributed by atoms with E-state index in [4.69, 9.17) is 10.00 Å². The number of aromatic nitrogens is 2. The lowest BCUT2D eigenvalue weighted by Gasteiger charge is -2.06. The zero-order valence-corrected chi connectivity index (χ0v) is 12.0. The van der Waals surface area contributed by atoms with Crippen LogP contribution < -0.4 is 4.74 Å². The lowest BCUT2D eigenvalue weighted by Crippen LogP contribution is -2.00. The van der Waals surface area contributed by atoms with Gasteiger partial charge in [-0.1, -0.05) is 6.08 Å². The van der Waals surface area contributed by atoms with Crippen LogP contribution in [0.25, 0.3) is 11.4 Å². The van der Waals surface area contributed by atoms with Crippen molar-refractivity contribution in [2.45, 2.75) is 19.3 Å². The highest BCUT2D eigenvalue weighted by Crippen LogP contribution is 2.20. The topological polar surface area (TPSA) is 58.8 Å². The Balaban J connectivity index is 2.29. The second-order valence-corrected chi connectivity index (χ2v) is 4.58. The summed E-state index contributed by atoms with van der Waals surface area (Å²) in [5, 5.41) is 9.14. The van der Waals surface area contributed by atoms with Gasteiger partial charge >= 0.3 is 0 Å². The van der Waals surface area contributed by atoms with Gasteiger partial charge in [0.25, 0.3) is 0 Å². The van der Waals surface area contributed by atoms with Crippen molar-refractivity contribution < 1.29 is 4.74 Å². The van der Waals surface area contributed by atoms with Crippen LogP contribution in [-0.4, -0.2) is 17.1 Å². The number of aryl methyl sites for hydroxylation is 1. The van der Waals surface area contributed by atoms with Gasteiger partial charge in [-0.05, 0) is 43.5 Å². The molecule has 0 unspecified atom stereocenters. The van der Waals surface area contributed by atoms with Crippen LogP contribution in [0.5, 0.6) is 5.75 Å². The summed E-state index contributed by atoms with van der Waals surface area (Å²) in [6, 6.07) is 9.71. The summed E-state index contributed by atoms with van der Waals surface area (Å²) in [6.45, 7) is 3.71. The first-order valence-electron chi connectivity index (χ1n) is 6.80. The van der Waals surface area contributed by atoms with Gasteiger partial charge in [-0.3, -0.25) is 0 Å². The number of hydrogen-bond acceptors (Lipinski definition) is 4. The Morgan fingerprint density at radius 2 is 2.10 bits per heavy atom. The average molecular weight is 279 g/mol. The van der Waals surface area contributed by atoms with Crippen LogP contribution in [0.2, 0.25) is 0 Å². The predicted molar refractivity (Wildman–Crippen MR) is 81.9 cm³/mol. The number of hydrogen-bond donors (Lipinski definition) is 0. The molecule has 106 valence electrons. The summed E-state index contributed by atoms with van der Waals surface area (Å²) in [5.41, 5.74) is 2.24. The van der Waals surface area contributed by atoms with Crippen LogP contribution in [0.3, 0.4) is 0 Å². The van der Waals surface area contributed by atoms with Crippen molar-refractivity contribution in [3.05, 3.63) is 54.4 Å². The van der Waals surface area contributed by atoms with Crippen LogP contribution in [0.15, 0.2) is 43.1 Å². The first kappa shape index (κ1) is 14.7. The quantitative estimate of drug-likeness (QED) is 0.599. The largest absolute Gasteiger partial charge is 0.497 e. The number of nitrogens with zero attached hydrogens (tertiary/aromatic N) is 3. The van der Waals surface area contributed by atoms with Crippen molar-refractivity contribution in [2.24, 2.45) is 0 Å². The number of allylic oxidation sites excluding steroid dienone is 1. The maximum atomic E-state index is 9.14. The van der Waals surface area contributed by atoms with Crippen molar-refractivity contribution in [3.8, 4) is 23.2 Å². The summed E-state index contributed by atoms with van der Waals surface area (Å²) in [7, 11) is 1.63. The number of nitriles is 1. The molecule has 0 aliphatic heterocycles. The van der Waals surface area contributed by atoms with Crippen LogP contribution in [0.1, 0.15) is 24.1 Å². The summed E-state index contributed by atoms with van der Waals surface area (Å²) in [4.78, 5) is 8.80. The van der Waals surface area contributed by atoms with Crippen molar-refractivity contribution in [1.29, 1.82) is 5.26 Å². The van der Waals surface area contributed by atoms with E-state index >= 15 is 0 Å². The van der Waals surface area contributed by atoms with Gasteiger partial charge in [0, 0.05) is 11.8 Å². The van der Waals surface area contributed by atoms with E-state index in [9.17, 15) is 0 Å². The van der Waals surface area contributed by atoms with E-state index < -0.39 is 0 Å². The molecule has 4 nitrogen and oxygen atoms in total. The zero-order chi connectivity index (χ0) is 15.1. The van der Waals surface area contributed by atoms with E-state index in [0.29, 0.717) is 11.4 Å². The van der Waals surface area contributed by atoms with E-state index in [0.717, 1.165) is 36.3 Å². The van der Waals surface area contributed by atoms with Gasteiger partial charge in [0.1, 0.15) is 11.8 Å². The Morgan fingerprint density at radius 1 is 1.33 bits per heavy atom. The van der Waals surface area contributed by atoms with E-state index in [1.807, 2.05) is 30.3 Å². The molecule has 0 saturated heterocycles. The third-order valence-corrected chi connectivity index (χ3v) is 3.16. The molecule has 0 amide bonds. The molecule has 0 spiro atoms. The highest BCUT2D eigenvalue weighted by molar-refractivity contribution is 5.57. The van der Waals surface area contributed by atoms with Crippen molar-refractivity contribution in [1.82, 2.24) is 9.97 Å². The van der Waals surface area contributed by atoms with Gasteiger partial charge in [-0.25, -0.2) is 9.97 Å². The van der Waals surface area contributed by atoms with Gasteiger partial charge in [0.05, 0.1) is 18.4 Å². The van der Waals surface area contributed by atoms with E-state index in [-0.39, 0.29) is 0 Å². The number of ether oxygens (including phenoxy) is 1. The second kappa shape index (κ2) is 7.20. The first-order chi connectivity index (χ1) is 10.3. The van der Waals surface area contributed by atoms with Crippen molar-refractivity contribution in [2.75, 3.05) is 7.11 Å². The molecule has 1 heterocycles. The lowest BCUT2D eigenvalue weighted by molar-refractivity contribution is 0.415. The molecule has 0 saturated carbocycles. The van der Waals surface area contributed by atoms with Gasteiger partial charge in [0.2, 0.25) is 0 Å². The molecule has 0 aliphatic rings. The minimum absolute atomic E-state index is 0.538. The Bertz CT molecular complexity index is 657. The minimum atomic E-state index is 0.538. The van der Waals surface area contributed by atoms with Crippen molar-refractivity contribution >= 4 is 0 Å². The Hall–Kier alpha value is -2.67. The minimum Gasteiger partial charge on any atom is -0.497 e. The molecule has 0 radical (unpaired) electrons. The molecule has 1 aromatic heterocycles. The van der Waals surface area contributed by atoms with Crippen molar-refractivity contribution in [3.63, 3.8) is 0 Å². The third-order valence-electron chi connectivity index (χ3n) is 3.16. The van der Waals surface area contributed by atoms with Crippen LogP contribution >= 0.6 is 0 Å². The smallest absolute Gasteiger partial charge is 0.159 e. The van der Waals surface area contributed by atoms with E-state index in [1.165, 1.54) is 0 Å². The maximum absolute atomic E-state index is 9.14. The number of methoxy groups -OCH3 is 1. The number of rotatable bonds is 6. The molecule has 0 bridgehead atoms. The Labute approximate surface area is 124 Å². The summed E-state index contributed by atoms with van der Waals surface area (Å²) < 4.78 is 5.14. The molecule has 0 N–H and O–H groups in total. The highest BCUT2D eigenvalue weighted by atomic mass is 16.5. The number of unbranched alkanes of at least 4 members (excludes halogenated alkanes) is 1. The summed E-state index contributed by atoms with van der Waals surface area (Å²) in [5.74, 6) is 1.42. The van der Waals surface area contributed by atoms with Gasteiger partial charge in [-0.2, -0.15) is 5.26 Å². The van der Waals surface area contributed by atoms with Gasteiger partial charge in [0.15, 0.2) is 5.82 Å². The van der Waals surface area contributed by atoms with Gasteiger partial charge in [-0.15, -0.1) is 6.58 Å². The molecule has 0 aliphatic carbocycles. The SMILES string of the molecule is C=CCCCc1nc(-c2ccc(OC)cc2)ncc1C#N. The molecule has 2 aromatic rings. The third kappa shape index (κ3) is 3.67. The van der Waals surface area contributed by atoms with Crippen LogP contribution in [-0.2, 0) is 6.42 Å². The normalized spacial score (nSPS) is 9.90. The fraction of sp³-hybridized carbons (Fsp3) is 0.235. The highest BCUT2D eigenvalue weighted by Gasteiger charge is 2.08. The second-order valence-electron chi connectivity index (χ2n) is 4.58. The molecule has 0 fully saturated rings. The molecule has 4 heteroatoms. The Morgan fingerprint density at radius 3 is 2.71 bits per heavy atom. The molecular weight excluding hydrogens is 262 g/mol. The number of benzene rings is 1. The Kier molecular flexibility index (Phi) is 5.05. The van der Waals surface area contributed by atoms with E-state index in [2.05, 4.69) is 22.6 Å². The fourth-order valence-electron chi connectivity index (χ4n) is 1.99. The molecule has 2 rings (SSSR count). The van der Waals surface area contributed by atoms with Gasteiger partial charge < -0.3 is 4.74 Å². The van der Waals surface area contributed by atoms with Crippen LogP contribution in [0, 0.1) is 11.3 Å². The summed E-state index contributed by atoms with van der Waals surface area (Å²) >= 11 is 0.